The molecule has 0 aliphatic carbocycles. The third kappa shape index (κ3) is 5.14. The minimum atomic E-state index is -0.212. The molecule has 5 heteroatoms. The van der Waals surface area contributed by atoms with Gasteiger partial charge in [-0.15, -0.1) is 11.8 Å². The van der Waals surface area contributed by atoms with E-state index in [0.717, 1.165) is 5.75 Å². The normalized spacial score (nSPS) is 12.7. The van der Waals surface area contributed by atoms with E-state index in [1.807, 2.05) is 43.3 Å². The predicted molar refractivity (Wildman–Crippen MR) is 95.7 cm³/mol. The number of amides is 1. The number of carbonyl (C=O) groups excluding carboxylic acids is 1. The van der Waals surface area contributed by atoms with Crippen LogP contribution in [0.2, 0.25) is 0 Å². The summed E-state index contributed by atoms with van der Waals surface area (Å²) in [5, 5.41) is 13.6. The van der Waals surface area contributed by atoms with Gasteiger partial charge < -0.3 is 5.11 Å². The molecule has 1 unspecified atom stereocenters. The predicted octanol–water partition coefficient (Wildman–Crippen LogP) is 3.55. The van der Waals surface area contributed by atoms with Gasteiger partial charge in [-0.25, -0.2) is 5.43 Å². The third-order valence-electron chi connectivity index (χ3n) is 3.34. The number of phenols is 1. The molecule has 0 bridgehead atoms. The van der Waals surface area contributed by atoms with Crippen LogP contribution < -0.4 is 5.43 Å². The molecule has 120 valence electrons. The van der Waals surface area contributed by atoms with E-state index >= 15 is 0 Å². The van der Waals surface area contributed by atoms with E-state index in [2.05, 4.69) is 10.5 Å². The average Bonchev–Trinajstić information content (AvgIpc) is 2.58. The van der Waals surface area contributed by atoms with Crippen molar-refractivity contribution in [2.24, 2.45) is 5.10 Å². The Morgan fingerprint density at radius 2 is 1.83 bits per heavy atom. The summed E-state index contributed by atoms with van der Waals surface area (Å²) < 4.78 is 0. The SMILES string of the molecule is CC(=NNC(=O)C(C)SCc1ccccc1)c1ccccc1O. The number of nitrogens with zero attached hydrogens (tertiary/aromatic N) is 1. The second-order valence-electron chi connectivity index (χ2n) is 5.13. The second-order valence-corrected chi connectivity index (χ2v) is 6.46. The van der Waals surface area contributed by atoms with Crippen LogP contribution in [0.15, 0.2) is 59.7 Å². The largest absolute Gasteiger partial charge is 0.507 e. The molecule has 23 heavy (non-hydrogen) atoms. The number of phenolic OH excluding ortho intramolecular Hbond substituents is 1. The highest BCUT2D eigenvalue weighted by atomic mass is 32.2. The minimum absolute atomic E-state index is 0.148. The van der Waals surface area contributed by atoms with Crippen LogP contribution in [-0.4, -0.2) is 22.0 Å². The summed E-state index contributed by atoms with van der Waals surface area (Å²) in [4.78, 5) is 12.1. The van der Waals surface area contributed by atoms with E-state index in [-0.39, 0.29) is 16.9 Å². The zero-order valence-corrected chi connectivity index (χ0v) is 14.0. The van der Waals surface area contributed by atoms with Crippen molar-refractivity contribution in [3.05, 3.63) is 65.7 Å². The standard InChI is InChI=1S/C18H20N2O2S/c1-13(16-10-6-7-11-17(16)21)19-20-18(22)14(2)23-12-15-8-4-3-5-9-15/h3-11,14,21H,12H2,1-2H3,(H,20,22). The summed E-state index contributed by atoms with van der Waals surface area (Å²) in [6.07, 6.45) is 0. The van der Waals surface area contributed by atoms with E-state index in [0.29, 0.717) is 11.3 Å². The van der Waals surface area contributed by atoms with Crippen molar-refractivity contribution in [2.45, 2.75) is 24.9 Å². The van der Waals surface area contributed by atoms with E-state index in [9.17, 15) is 9.90 Å². The van der Waals surface area contributed by atoms with Crippen molar-refractivity contribution in [3.8, 4) is 5.75 Å². The molecule has 2 aromatic carbocycles. The second kappa shape index (κ2) is 8.39. The number of hydrogen-bond donors (Lipinski definition) is 2. The van der Waals surface area contributed by atoms with Gasteiger partial charge in [-0.1, -0.05) is 42.5 Å². The highest BCUT2D eigenvalue weighted by Gasteiger charge is 2.13. The lowest BCUT2D eigenvalue weighted by Crippen LogP contribution is -2.27. The van der Waals surface area contributed by atoms with Gasteiger partial charge in [-0.3, -0.25) is 4.79 Å². The first-order chi connectivity index (χ1) is 11.1. The van der Waals surface area contributed by atoms with Crippen molar-refractivity contribution >= 4 is 23.4 Å². The molecular weight excluding hydrogens is 308 g/mol. The summed E-state index contributed by atoms with van der Waals surface area (Å²) in [5.41, 5.74) is 4.92. The number of hydrazone groups is 1. The van der Waals surface area contributed by atoms with Gasteiger partial charge in [-0.2, -0.15) is 5.10 Å². The number of benzene rings is 2. The number of aromatic hydroxyl groups is 1. The van der Waals surface area contributed by atoms with Gasteiger partial charge in [0.05, 0.1) is 11.0 Å². The minimum Gasteiger partial charge on any atom is -0.507 e. The smallest absolute Gasteiger partial charge is 0.252 e. The molecule has 2 N–H and O–H groups in total. The lowest BCUT2D eigenvalue weighted by Gasteiger charge is -2.10. The van der Waals surface area contributed by atoms with Crippen LogP contribution in [0.4, 0.5) is 0 Å². The van der Waals surface area contributed by atoms with Crippen LogP contribution >= 0.6 is 11.8 Å². The molecule has 2 aromatic rings. The molecule has 0 heterocycles. The average molecular weight is 328 g/mol. The molecule has 4 nitrogen and oxygen atoms in total. The van der Waals surface area contributed by atoms with Crippen LogP contribution in [0.1, 0.15) is 25.0 Å². The number of carbonyl (C=O) groups is 1. The highest BCUT2D eigenvalue weighted by Crippen LogP contribution is 2.18. The first kappa shape index (κ1) is 17.1. The molecule has 2 rings (SSSR count). The van der Waals surface area contributed by atoms with Gasteiger partial charge in [-0.05, 0) is 31.5 Å². The lowest BCUT2D eigenvalue weighted by molar-refractivity contribution is -0.120. The highest BCUT2D eigenvalue weighted by molar-refractivity contribution is 7.99. The Kier molecular flexibility index (Phi) is 6.23. The Morgan fingerprint density at radius 1 is 1.17 bits per heavy atom. The molecule has 0 radical (unpaired) electrons. The molecular formula is C18H20N2O2S. The van der Waals surface area contributed by atoms with Gasteiger partial charge in [0.25, 0.3) is 5.91 Å². The van der Waals surface area contributed by atoms with Gasteiger partial charge in [0.15, 0.2) is 0 Å². The number of rotatable bonds is 6. The number of nitrogens with one attached hydrogen (secondary N) is 1. The van der Waals surface area contributed by atoms with Crippen LogP contribution in [0.3, 0.4) is 0 Å². The Morgan fingerprint density at radius 3 is 2.52 bits per heavy atom. The van der Waals surface area contributed by atoms with Gasteiger partial charge in [0.2, 0.25) is 0 Å². The van der Waals surface area contributed by atoms with Crippen LogP contribution in [0, 0.1) is 0 Å². The fourth-order valence-electron chi connectivity index (χ4n) is 1.94. The maximum Gasteiger partial charge on any atom is 0.252 e. The Balaban J connectivity index is 1.88. The fraction of sp³-hybridized carbons (Fsp3) is 0.222. The van der Waals surface area contributed by atoms with Crippen molar-refractivity contribution in [3.63, 3.8) is 0 Å². The molecule has 0 fully saturated rings. The molecule has 0 aliphatic rings. The molecule has 0 saturated carbocycles. The number of thioether (sulfide) groups is 1. The van der Waals surface area contributed by atoms with Crippen LogP contribution in [0.5, 0.6) is 5.75 Å². The first-order valence-electron chi connectivity index (χ1n) is 7.36. The molecule has 0 aromatic heterocycles. The Labute approximate surface area is 140 Å². The zero-order chi connectivity index (χ0) is 16.7. The molecule has 0 saturated heterocycles. The van der Waals surface area contributed by atoms with Gasteiger partial charge >= 0.3 is 0 Å². The van der Waals surface area contributed by atoms with Gasteiger partial charge in [0.1, 0.15) is 5.75 Å². The van der Waals surface area contributed by atoms with E-state index < -0.39 is 0 Å². The summed E-state index contributed by atoms with van der Waals surface area (Å²) in [5.74, 6) is 0.771. The molecule has 0 spiro atoms. The van der Waals surface area contributed by atoms with Crippen molar-refractivity contribution in [2.75, 3.05) is 0 Å². The van der Waals surface area contributed by atoms with Crippen LogP contribution in [0.25, 0.3) is 0 Å². The lowest BCUT2D eigenvalue weighted by atomic mass is 10.1. The summed E-state index contributed by atoms with van der Waals surface area (Å²) >= 11 is 1.56. The van der Waals surface area contributed by atoms with E-state index in [1.54, 1.807) is 36.9 Å². The number of para-hydroxylation sites is 1. The first-order valence-corrected chi connectivity index (χ1v) is 8.41. The summed E-state index contributed by atoms with van der Waals surface area (Å²) in [6.45, 7) is 3.60. The summed E-state index contributed by atoms with van der Waals surface area (Å²) in [7, 11) is 0. The van der Waals surface area contributed by atoms with E-state index in [4.69, 9.17) is 0 Å². The summed E-state index contributed by atoms with van der Waals surface area (Å²) in [6, 6.07) is 16.9. The number of hydrogen-bond acceptors (Lipinski definition) is 4. The fourth-order valence-corrected chi connectivity index (χ4v) is 2.78. The van der Waals surface area contributed by atoms with E-state index in [1.165, 1.54) is 5.56 Å². The van der Waals surface area contributed by atoms with Crippen molar-refractivity contribution < 1.29 is 9.90 Å². The third-order valence-corrected chi connectivity index (χ3v) is 4.55. The van der Waals surface area contributed by atoms with Crippen molar-refractivity contribution in [1.29, 1.82) is 0 Å². The molecule has 1 amide bonds. The topological polar surface area (TPSA) is 61.7 Å². The quantitative estimate of drug-likeness (QED) is 0.629. The van der Waals surface area contributed by atoms with Crippen molar-refractivity contribution in [1.82, 2.24) is 5.43 Å². The monoisotopic (exact) mass is 328 g/mol. The van der Waals surface area contributed by atoms with Crippen LogP contribution in [-0.2, 0) is 10.5 Å². The maximum atomic E-state index is 12.1. The molecule has 0 aliphatic heterocycles. The maximum absolute atomic E-state index is 12.1. The Bertz CT molecular complexity index is 686. The van der Waals surface area contributed by atoms with Gasteiger partial charge in [0, 0.05) is 11.3 Å². The Hall–Kier alpha value is -2.27. The molecule has 1 atom stereocenters. The zero-order valence-electron chi connectivity index (χ0n) is 13.2.